The lowest BCUT2D eigenvalue weighted by Gasteiger charge is -2.16. The average Bonchev–Trinajstić information content (AvgIpc) is 2.86. The Hall–Kier alpha value is -0.630. The van der Waals surface area contributed by atoms with Crippen LogP contribution in [0.15, 0.2) is 12.1 Å². The van der Waals surface area contributed by atoms with Gasteiger partial charge in [0.2, 0.25) is 15.9 Å². The molecule has 1 aromatic heterocycles. The first-order chi connectivity index (χ1) is 8.88. The van der Waals surface area contributed by atoms with Gasteiger partial charge in [-0.2, -0.15) is 4.31 Å². The van der Waals surface area contributed by atoms with Crippen molar-refractivity contribution in [1.82, 2.24) is 9.62 Å². The number of nitrogens with one attached hydrogen (secondary N) is 1. The van der Waals surface area contributed by atoms with Crippen LogP contribution in [-0.4, -0.2) is 37.5 Å². The summed E-state index contributed by atoms with van der Waals surface area (Å²) in [5.41, 5.74) is 0. The summed E-state index contributed by atoms with van der Waals surface area (Å²) in [7, 11) is -3.22. The molecule has 8 heteroatoms. The minimum Gasteiger partial charge on any atom is -0.348 e. The van der Waals surface area contributed by atoms with Crippen molar-refractivity contribution in [3.05, 3.63) is 21.3 Å². The smallest absolute Gasteiger partial charge is 0.235 e. The fourth-order valence-corrected chi connectivity index (χ4v) is 4.48. The van der Waals surface area contributed by atoms with Crippen molar-refractivity contribution in [2.75, 3.05) is 18.8 Å². The standard InChI is InChI=1S/C11H15ClN2O3S2/c1-8(9-3-4-10(12)18-9)13-11(15)7-14-5-2-6-19(14,16)17/h3-4,8H,2,5-7H2,1H3,(H,13,15). The number of nitrogens with zero attached hydrogens (tertiary/aromatic N) is 1. The lowest BCUT2D eigenvalue weighted by molar-refractivity contribution is -0.121. The van der Waals surface area contributed by atoms with E-state index in [-0.39, 0.29) is 24.2 Å². The van der Waals surface area contributed by atoms with Crippen LogP contribution in [0.5, 0.6) is 0 Å². The fourth-order valence-electron chi connectivity index (χ4n) is 1.95. The van der Waals surface area contributed by atoms with E-state index < -0.39 is 10.0 Å². The Morgan fingerprint density at radius 1 is 1.58 bits per heavy atom. The summed E-state index contributed by atoms with van der Waals surface area (Å²) in [6, 6.07) is 3.45. The maximum atomic E-state index is 11.8. The molecular weight excluding hydrogens is 308 g/mol. The van der Waals surface area contributed by atoms with Crippen LogP contribution in [0.1, 0.15) is 24.3 Å². The Morgan fingerprint density at radius 3 is 2.84 bits per heavy atom. The van der Waals surface area contributed by atoms with Gasteiger partial charge in [-0.25, -0.2) is 8.42 Å². The molecule has 0 aliphatic carbocycles. The van der Waals surface area contributed by atoms with Crippen LogP contribution in [0.2, 0.25) is 4.34 Å². The average molecular weight is 323 g/mol. The second kappa shape index (κ2) is 5.78. The molecule has 0 bridgehead atoms. The maximum absolute atomic E-state index is 11.8. The summed E-state index contributed by atoms with van der Waals surface area (Å²) >= 11 is 7.23. The van der Waals surface area contributed by atoms with Gasteiger partial charge in [-0.3, -0.25) is 4.79 Å². The Balaban J connectivity index is 1.91. The topological polar surface area (TPSA) is 66.5 Å². The third kappa shape index (κ3) is 3.68. The largest absolute Gasteiger partial charge is 0.348 e. The van der Waals surface area contributed by atoms with E-state index in [4.69, 9.17) is 11.6 Å². The number of amides is 1. The zero-order valence-corrected chi connectivity index (χ0v) is 12.8. The summed E-state index contributed by atoms with van der Waals surface area (Å²) in [5.74, 6) is -0.154. The zero-order chi connectivity index (χ0) is 14.0. The third-order valence-corrected chi connectivity index (χ3v) is 6.24. The van der Waals surface area contributed by atoms with Gasteiger partial charge >= 0.3 is 0 Å². The van der Waals surface area contributed by atoms with Crippen molar-refractivity contribution in [3.63, 3.8) is 0 Å². The molecule has 1 aliphatic heterocycles. The summed E-state index contributed by atoms with van der Waals surface area (Å²) in [5, 5.41) is 2.78. The van der Waals surface area contributed by atoms with E-state index in [0.29, 0.717) is 17.3 Å². The van der Waals surface area contributed by atoms with Crippen LogP contribution in [0, 0.1) is 0 Å². The van der Waals surface area contributed by atoms with E-state index in [0.717, 1.165) is 4.88 Å². The summed E-state index contributed by atoms with van der Waals surface area (Å²) in [4.78, 5) is 12.8. The first-order valence-corrected chi connectivity index (χ1v) is 8.71. The second-order valence-electron chi connectivity index (χ2n) is 4.43. The predicted octanol–water partition coefficient (Wildman–Crippen LogP) is 1.61. The highest BCUT2D eigenvalue weighted by Gasteiger charge is 2.30. The molecule has 1 aliphatic rings. The number of carbonyl (C=O) groups is 1. The highest BCUT2D eigenvalue weighted by atomic mass is 35.5. The van der Waals surface area contributed by atoms with Gasteiger partial charge < -0.3 is 5.32 Å². The van der Waals surface area contributed by atoms with Gasteiger partial charge in [0.05, 0.1) is 22.7 Å². The first-order valence-electron chi connectivity index (χ1n) is 5.91. The molecular formula is C11H15ClN2O3S2. The number of halogens is 1. The lowest BCUT2D eigenvalue weighted by Crippen LogP contribution is -2.38. The molecule has 19 heavy (non-hydrogen) atoms. The van der Waals surface area contributed by atoms with Crippen LogP contribution in [-0.2, 0) is 14.8 Å². The van der Waals surface area contributed by atoms with Gasteiger partial charge in [0.25, 0.3) is 0 Å². The van der Waals surface area contributed by atoms with Gasteiger partial charge in [0, 0.05) is 11.4 Å². The summed E-state index contributed by atoms with van der Waals surface area (Å²) in [6.45, 7) is 2.17. The van der Waals surface area contributed by atoms with Crippen molar-refractivity contribution in [1.29, 1.82) is 0 Å². The van der Waals surface area contributed by atoms with Crippen molar-refractivity contribution < 1.29 is 13.2 Å². The Morgan fingerprint density at radius 2 is 2.32 bits per heavy atom. The second-order valence-corrected chi connectivity index (χ2v) is 8.27. The number of hydrogen-bond acceptors (Lipinski definition) is 4. The van der Waals surface area contributed by atoms with Gasteiger partial charge in [0.15, 0.2) is 0 Å². The van der Waals surface area contributed by atoms with E-state index in [1.807, 2.05) is 13.0 Å². The van der Waals surface area contributed by atoms with Crippen LogP contribution in [0.25, 0.3) is 0 Å². The molecule has 0 aromatic carbocycles. The number of rotatable bonds is 4. The van der Waals surface area contributed by atoms with Crippen molar-refractivity contribution in [3.8, 4) is 0 Å². The third-order valence-electron chi connectivity index (χ3n) is 2.92. The maximum Gasteiger partial charge on any atom is 0.235 e. The van der Waals surface area contributed by atoms with Crippen molar-refractivity contribution >= 4 is 38.9 Å². The van der Waals surface area contributed by atoms with Crippen LogP contribution >= 0.6 is 22.9 Å². The van der Waals surface area contributed by atoms with Crippen LogP contribution in [0.4, 0.5) is 0 Å². The molecule has 5 nitrogen and oxygen atoms in total. The normalized spacial score (nSPS) is 20.3. The molecule has 1 amide bonds. The highest BCUT2D eigenvalue weighted by molar-refractivity contribution is 7.89. The number of carbonyl (C=O) groups excluding carboxylic acids is 1. The van der Waals surface area contributed by atoms with E-state index in [2.05, 4.69) is 5.32 Å². The van der Waals surface area contributed by atoms with E-state index in [1.54, 1.807) is 6.07 Å². The molecule has 0 spiro atoms. The first kappa shape index (κ1) is 14.8. The molecule has 1 aromatic rings. The van der Waals surface area contributed by atoms with Gasteiger partial charge in [-0.15, -0.1) is 11.3 Å². The van der Waals surface area contributed by atoms with Crippen LogP contribution < -0.4 is 5.32 Å². The molecule has 1 saturated heterocycles. The number of sulfonamides is 1. The van der Waals surface area contributed by atoms with Crippen LogP contribution in [0.3, 0.4) is 0 Å². The molecule has 0 radical (unpaired) electrons. The van der Waals surface area contributed by atoms with Gasteiger partial charge in [0.1, 0.15) is 0 Å². The Labute approximate surface area is 121 Å². The summed E-state index contributed by atoms with van der Waals surface area (Å²) in [6.07, 6.45) is 0.589. The predicted molar refractivity (Wildman–Crippen MR) is 75.9 cm³/mol. The molecule has 2 heterocycles. The summed E-state index contributed by atoms with van der Waals surface area (Å²) < 4.78 is 25.1. The molecule has 1 atom stereocenters. The Kier molecular flexibility index (Phi) is 4.50. The minimum atomic E-state index is -3.22. The fraction of sp³-hybridized carbons (Fsp3) is 0.545. The molecule has 2 rings (SSSR count). The molecule has 1 unspecified atom stereocenters. The molecule has 1 N–H and O–H groups in total. The number of thiophene rings is 1. The quantitative estimate of drug-likeness (QED) is 0.916. The SMILES string of the molecule is CC(NC(=O)CN1CCCS1(=O)=O)c1ccc(Cl)s1. The Bertz CT molecular complexity index is 570. The van der Waals surface area contributed by atoms with Crippen molar-refractivity contribution in [2.24, 2.45) is 0 Å². The molecule has 1 fully saturated rings. The minimum absolute atomic E-state index is 0.105. The monoisotopic (exact) mass is 322 g/mol. The van der Waals surface area contributed by atoms with E-state index in [9.17, 15) is 13.2 Å². The highest BCUT2D eigenvalue weighted by Crippen LogP contribution is 2.26. The molecule has 106 valence electrons. The lowest BCUT2D eigenvalue weighted by atomic mass is 10.3. The zero-order valence-electron chi connectivity index (χ0n) is 10.4. The van der Waals surface area contributed by atoms with Gasteiger partial charge in [-0.1, -0.05) is 11.6 Å². The van der Waals surface area contributed by atoms with E-state index in [1.165, 1.54) is 15.6 Å². The van der Waals surface area contributed by atoms with Crippen molar-refractivity contribution in [2.45, 2.75) is 19.4 Å². The number of hydrogen-bond donors (Lipinski definition) is 1. The molecule has 0 saturated carbocycles. The van der Waals surface area contributed by atoms with Gasteiger partial charge in [-0.05, 0) is 25.5 Å². The van der Waals surface area contributed by atoms with E-state index >= 15 is 0 Å².